The van der Waals surface area contributed by atoms with Crippen molar-refractivity contribution < 1.29 is 28.7 Å². The zero-order valence-corrected chi connectivity index (χ0v) is 17.7. The summed E-state index contributed by atoms with van der Waals surface area (Å²) in [4.78, 5) is 51.1. The van der Waals surface area contributed by atoms with Crippen molar-refractivity contribution >= 4 is 29.4 Å². The van der Waals surface area contributed by atoms with Crippen LogP contribution in [0.3, 0.4) is 0 Å². The molecule has 2 fully saturated rings. The van der Waals surface area contributed by atoms with E-state index in [1.165, 1.54) is 19.1 Å². The minimum Gasteiger partial charge on any atom is -0.452 e. The Bertz CT molecular complexity index is 826. The number of benzene rings is 1. The molecule has 1 heterocycles. The van der Waals surface area contributed by atoms with Crippen LogP contribution in [0, 0.1) is 5.41 Å². The molecule has 1 saturated heterocycles. The third-order valence-corrected chi connectivity index (χ3v) is 5.94. The first-order valence-corrected chi connectivity index (χ1v) is 10.6. The van der Waals surface area contributed by atoms with Crippen LogP contribution >= 0.6 is 0 Å². The Kier molecular flexibility index (Phi) is 7.27. The van der Waals surface area contributed by atoms with Crippen molar-refractivity contribution in [3.63, 3.8) is 0 Å². The molecule has 168 valence electrons. The summed E-state index contributed by atoms with van der Waals surface area (Å²) in [5.74, 6) is -1.63. The maximum absolute atomic E-state index is 13.0. The fraction of sp³-hybridized carbons (Fsp3) is 0.545. The van der Waals surface area contributed by atoms with Gasteiger partial charge in [0.2, 0.25) is 11.8 Å². The van der Waals surface area contributed by atoms with Crippen LogP contribution in [0.5, 0.6) is 0 Å². The molecule has 3 N–H and O–H groups in total. The van der Waals surface area contributed by atoms with Gasteiger partial charge in [0.05, 0.1) is 18.6 Å². The fourth-order valence-corrected chi connectivity index (χ4v) is 4.02. The summed E-state index contributed by atoms with van der Waals surface area (Å²) in [6.07, 6.45) is 1.90. The number of hydrogen-bond acceptors (Lipinski definition) is 6. The number of nitrogens with two attached hydrogens (primary N) is 1. The molecule has 3 amide bonds. The molecule has 0 spiro atoms. The first-order valence-electron chi connectivity index (χ1n) is 10.6. The molecule has 1 atom stereocenters. The number of ether oxygens (including phenoxy) is 2. The van der Waals surface area contributed by atoms with Crippen LogP contribution in [0.25, 0.3) is 0 Å². The molecule has 1 aliphatic carbocycles. The van der Waals surface area contributed by atoms with Gasteiger partial charge in [0, 0.05) is 30.8 Å². The summed E-state index contributed by atoms with van der Waals surface area (Å²) in [5, 5.41) is 2.65. The molecule has 1 aromatic carbocycles. The highest BCUT2D eigenvalue weighted by Gasteiger charge is 2.46. The van der Waals surface area contributed by atoms with E-state index in [1.54, 1.807) is 17.0 Å². The molecular weight excluding hydrogens is 402 g/mol. The molecule has 31 heavy (non-hydrogen) atoms. The lowest BCUT2D eigenvalue weighted by molar-refractivity contribution is -0.166. The average molecular weight is 431 g/mol. The van der Waals surface area contributed by atoms with E-state index >= 15 is 0 Å². The number of primary amides is 1. The zero-order chi connectivity index (χ0) is 22.4. The van der Waals surface area contributed by atoms with Crippen molar-refractivity contribution in [2.24, 2.45) is 11.1 Å². The van der Waals surface area contributed by atoms with E-state index < -0.39 is 29.3 Å². The minimum absolute atomic E-state index is 0.0752. The van der Waals surface area contributed by atoms with Crippen LogP contribution in [0.15, 0.2) is 24.3 Å². The number of morpholine rings is 1. The number of nitrogens with one attached hydrogen (secondary N) is 1. The predicted octanol–water partition coefficient (Wildman–Crippen LogP) is 1.47. The molecule has 1 aliphatic heterocycles. The molecule has 1 saturated carbocycles. The Morgan fingerprint density at radius 3 is 2.32 bits per heavy atom. The number of rotatable bonds is 7. The number of amides is 3. The maximum Gasteiger partial charge on any atom is 0.313 e. The summed E-state index contributed by atoms with van der Waals surface area (Å²) < 4.78 is 10.8. The molecular formula is C22H29N3O6. The number of hydrogen-bond donors (Lipinski definition) is 2. The smallest absolute Gasteiger partial charge is 0.313 e. The van der Waals surface area contributed by atoms with Crippen LogP contribution in [-0.4, -0.2) is 61.0 Å². The van der Waals surface area contributed by atoms with E-state index in [1.807, 2.05) is 0 Å². The van der Waals surface area contributed by atoms with Gasteiger partial charge in [-0.25, -0.2) is 0 Å². The molecule has 0 radical (unpaired) electrons. The van der Waals surface area contributed by atoms with E-state index in [2.05, 4.69) is 5.32 Å². The van der Waals surface area contributed by atoms with Crippen LogP contribution in [0.4, 0.5) is 5.69 Å². The summed E-state index contributed by atoms with van der Waals surface area (Å²) in [7, 11) is 0. The van der Waals surface area contributed by atoms with Gasteiger partial charge in [0.1, 0.15) is 0 Å². The Hall–Kier alpha value is -2.94. The summed E-state index contributed by atoms with van der Waals surface area (Å²) in [6.45, 7) is 3.55. The number of anilines is 1. The third kappa shape index (κ3) is 5.61. The summed E-state index contributed by atoms with van der Waals surface area (Å²) in [6, 6.07) is 6.09. The predicted molar refractivity (Wildman–Crippen MR) is 112 cm³/mol. The van der Waals surface area contributed by atoms with Crippen molar-refractivity contribution in [2.75, 3.05) is 31.6 Å². The maximum atomic E-state index is 13.0. The highest BCUT2D eigenvalue weighted by molar-refractivity contribution is 5.97. The quantitative estimate of drug-likeness (QED) is 0.629. The van der Waals surface area contributed by atoms with E-state index in [0.29, 0.717) is 50.4 Å². The van der Waals surface area contributed by atoms with Gasteiger partial charge >= 0.3 is 5.97 Å². The van der Waals surface area contributed by atoms with Gasteiger partial charge in [-0.1, -0.05) is 12.8 Å². The molecule has 0 aromatic heterocycles. The summed E-state index contributed by atoms with van der Waals surface area (Å²) in [5.41, 5.74) is 5.10. The highest BCUT2D eigenvalue weighted by atomic mass is 16.5. The number of carbonyl (C=O) groups is 4. The molecule has 2 aliphatic rings. The SMILES string of the molecule is C[C@H](OC(=O)C1(CC(=O)N2CCOCC2)CCCC1)C(=O)Nc1ccc(C(N)=O)cc1. The van der Waals surface area contributed by atoms with Gasteiger partial charge in [-0.05, 0) is 44.0 Å². The van der Waals surface area contributed by atoms with E-state index in [-0.39, 0.29) is 12.3 Å². The van der Waals surface area contributed by atoms with Crippen molar-refractivity contribution in [1.29, 1.82) is 0 Å². The van der Waals surface area contributed by atoms with Gasteiger partial charge < -0.3 is 25.4 Å². The minimum atomic E-state index is -1.03. The highest BCUT2D eigenvalue weighted by Crippen LogP contribution is 2.43. The van der Waals surface area contributed by atoms with E-state index in [4.69, 9.17) is 15.2 Å². The second-order valence-corrected chi connectivity index (χ2v) is 8.14. The standard InChI is InChI=1S/C22H29N3O6/c1-15(20(28)24-17-6-4-16(5-7-17)19(23)27)31-21(29)22(8-2-3-9-22)14-18(26)25-10-12-30-13-11-25/h4-7,15H,2-3,8-14H2,1H3,(H2,23,27)(H,24,28)/t15-/m0/s1. The normalized spacial score (nSPS) is 18.8. The van der Waals surface area contributed by atoms with Crippen molar-refractivity contribution in [3.05, 3.63) is 29.8 Å². The van der Waals surface area contributed by atoms with Crippen LogP contribution in [0.1, 0.15) is 49.4 Å². The lowest BCUT2D eigenvalue weighted by Crippen LogP contribution is -2.45. The molecule has 0 unspecified atom stereocenters. The first-order chi connectivity index (χ1) is 14.8. The van der Waals surface area contributed by atoms with Crippen LogP contribution in [0.2, 0.25) is 0 Å². The Morgan fingerprint density at radius 1 is 1.13 bits per heavy atom. The molecule has 3 rings (SSSR count). The van der Waals surface area contributed by atoms with Gasteiger partial charge in [-0.15, -0.1) is 0 Å². The molecule has 1 aromatic rings. The summed E-state index contributed by atoms with van der Waals surface area (Å²) >= 11 is 0. The fourth-order valence-electron chi connectivity index (χ4n) is 4.02. The molecule has 0 bridgehead atoms. The van der Waals surface area contributed by atoms with E-state index in [0.717, 1.165) is 12.8 Å². The lowest BCUT2D eigenvalue weighted by Gasteiger charge is -2.32. The first kappa shape index (κ1) is 22.7. The van der Waals surface area contributed by atoms with Crippen molar-refractivity contribution in [2.45, 2.75) is 45.1 Å². The molecule has 9 heteroatoms. The third-order valence-electron chi connectivity index (χ3n) is 5.94. The Balaban J connectivity index is 1.59. The average Bonchev–Trinajstić information content (AvgIpc) is 3.24. The molecule has 9 nitrogen and oxygen atoms in total. The second-order valence-electron chi connectivity index (χ2n) is 8.14. The largest absolute Gasteiger partial charge is 0.452 e. The van der Waals surface area contributed by atoms with Gasteiger partial charge in [0.25, 0.3) is 5.91 Å². The second kappa shape index (κ2) is 9.91. The van der Waals surface area contributed by atoms with Crippen molar-refractivity contribution in [3.8, 4) is 0 Å². The number of esters is 1. The lowest BCUT2D eigenvalue weighted by atomic mass is 9.82. The van der Waals surface area contributed by atoms with Gasteiger partial charge in [-0.2, -0.15) is 0 Å². The van der Waals surface area contributed by atoms with Crippen molar-refractivity contribution in [1.82, 2.24) is 4.90 Å². The Morgan fingerprint density at radius 2 is 1.74 bits per heavy atom. The van der Waals surface area contributed by atoms with Gasteiger partial charge in [0.15, 0.2) is 6.10 Å². The van der Waals surface area contributed by atoms with E-state index in [9.17, 15) is 19.2 Å². The Labute approximate surface area is 181 Å². The number of carbonyl (C=O) groups excluding carboxylic acids is 4. The van der Waals surface area contributed by atoms with Crippen LogP contribution < -0.4 is 11.1 Å². The topological polar surface area (TPSA) is 128 Å². The monoisotopic (exact) mass is 431 g/mol. The number of nitrogens with zero attached hydrogens (tertiary/aromatic N) is 1. The zero-order valence-electron chi connectivity index (χ0n) is 17.7. The van der Waals surface area contributed by atoms with Crippen LogP contribution in [-0.2, 0) is 23.9 Å². The van der Waals surface area contributed by atoms with Gasteiger partial charge in [-0.3, -0.25) is 19.2 Å².